The van der Waals surface area contributed by atoms with Crippen molar-refractivity contribution in [2.75, 3.05) is 32.6 Å². The lowest BCUT2D eigenvalue weighted by atomic mass is 10.0. The van der Waals surface area contributed by atoms with Crippen LogP contribution in [0.5, 0.6) is 5.75 Å². The van der Waals surface area contributed by atoms with Crippen LogP contribution in [0.3, 0.4) is 0 Å². The summed E-state index contributed by atoms with van der Waals surface area (Å²) < 4.78 is 5.76. The number of likely N-dealkylation sites (N-methyl/N-ethyl adjacent to an activating group) is 1. The molecule has 36 heavy (non-hydrogen) atoms. The summed E-state index contributed by atoms with van der Waals surface area (Å²) in [6.07, 6.45) is 1.69. The smallest absolute Gasteiger partial charge is 0.250 e. The van der Waals surface area contributed by atoms with Crippen LogP contribution in [0.15, 0.2) is 73.1 Å². The van der Waals surface area contributed by atoms with Crippen molar-refractivity contribution in [3.63, 3.8) is 0 Å². The molecule has 0 aliphatic rings. The molecule has 1 aromatic heterocycles. The van der Waals surface area contributed by atoms with Gasteiger partial charge in [-0.3, -0.25) is 9.59 Å². The van der Waals surface area contributed by atoms with E-state index < -0.39 is 5.91 Å². The first-order chi connectivity index (χ1) is 17.4. The zero-order valence-electron chi connectivity index (χ0n) is 20.4. The highest BCUT2D eigenvalue weighted by Crippen LogP contribution is 2.23. The zero-order chi connectivity index (χ0) is 25.5. The van der Waals surface area contributed by atoms with Crippen molar-refractivity contribution < 1.29 is 14.3 Å². The van der Waals surface area contributed by atoms with Crippen LogP contribution in [0, 0.1) is 0 Å². The molecule has 8 nitrogen and oxygen atoms in total. The van der Waals surface area contributed by atoms with Crippen LogP contribution in [-0.4, -0.2) is 53.8 Å². The van der Waals surface area contributed by atoms with Crippen molar-refractivity contribution in [1.29, 1.82) is 0 Å². The number of nitrogens with one attached hydrogen (secondary N) is 1. The summed E-state index contributed by atoms with van der Waals surface area (Å²) in [4.78, 5) is 35.3. The minimum absolute atomic E-state index is 0.0268. The number of aromatic nitrogens is 2. The van der Waals surface area contributed by atoms with E-state index in [9.17, 15) is 9.59 Å². The molecule has 1 heterocycles. The van der Waals surface area contributed by atoms with E-state index in [2.05, 4.69) is 15.3 Å². The number of ketones is 1. The molecule has 4 rings (SSSR count). The Kier molecular flexibility index (Phi) is 7.87. The normalized spacial score (nSPS) is 11.0. The lowest BCUT2D eigenvalue weighted by molar-refractivity contribution is 0.0987. The lowest BCUT2D eigenvalue weighted by Gasteiger charge is -2.12. The van der Waals surface area contributed by atoms with Crippen LogP contribution in [-0.2, 0) is 13.0 Å². The number of fused-ring (bicyclic) bond motifs is 1. The Labute approximate surface area is 210 Å². The number of nitrogens with zero attached hydrogens (tertiary/aromatic N) is 3. The van der Waals surface area contributed by atoms with Gasteiger partial charge in [-0.25, -0.2) is 9.97 Å². The topological polar surface area (TPSA) is 110 Å². The number of hydrogen-bond donors (Lipinski definition) is 2. The molecule has 0 aliphatic heterocycles. The Morgan fingerprint density at radius 3 is 2.56 bits per heavy atom. The van der Waals surface area contributed by atoms with E-state index in [1.165, 1.54) is 6.33 Å². The molecule has 0 aliphatic carbocycles. The molecule has 184 valence electrons. The average molecular weight is 484 g/mol. The molecule has 1 amide bonds. The number of benzene rings is 3. The third-order valence-corrected chi connectivity index (χ3v) is 5.71. The van der Waals surface area contributed by atoms with Crippen molar-refractivity contribution in [1.82, 2.24) is 14.9 Å². The molecular formula is C28H29N5O3. The summed E-state index contributed by atoms with van der Waals surface area (Å²) in [5.74, 6) is 0.792. The predicted octanol–water partition coefficient (Wildman–Crippen LogP) is 3.71. The Hall–Kier alpha value is -4.30. The lowest BCUT2D eigenvalue weighted by Crippen LogP contribution is -2.19. The van der Waals surface area contributed by atoms with E-state index in [4.69, 9.17) is 10.5 Å². The quantitative estimate of drug-likeness (QED) is 0.313. The van der Waals surface area contributed by atoms with Crippen molar-refractivity contribution in [2.24, 2.45) is 5.73 Å². The van der Waals surface area contributed by atoms with Gasteiger partial charge < -0.3 is 20.7 Å². The number of Topliss-reactive ketones (excluding diaryl/α,β-unsaturated/α-hetero) is 1. The average Bonchev–Trinajstić information content (AvgIpc) is 2.87. The van der Waals surface area contributed by atoms with Crippen LogP contribution in [0.2, 0.25) is 0 Å². The monoisotopic (exact) mass is 483 g/mol. The largest absolute Gasteiger partial charge is 0.492 e. The van der Waals surface area contributed by atoms with Gasteiger partial charge in [0.25, 0.3) is 5.91 Å². The van der Waals surface area contributed by atoms with Gasteiger partial charge in [0, 0.05) is 30.5 Å². The number of hydrogen-bond acceptors (Lipinski definition) is 7. The Bertz CT molecular complexity index is 1390. The van der Waals surface area contributed by atoms with E-state index in [-0.39, 0.29) is 12.2 Å². The molecule has 8 heteroatoms. The van der Waals surface area contributed by atoms with Gasteiger partial charge >= 0.3 is 0 Å². The van der Waals surface area contributed by atoms with E-state index in [1.54, 1.807) is 18.2 Å². The fourth-order valence-corrected chi connectivity index (χ4v) is 3.86. The Morgan fingerprint density at radius 1 is 0.972 bits per heavy atom. The fourth-order valence-electron chi connectivity index (χ4n) is 3.86. The maximum Gasteiger partial charge on any atom is 0.250 e. The number of amides is 1. The van der Waals surface area contributed by atoms with Crippen molar-refractivity contribution in [3.8, 4) is 5.75 Å². The molecular weight excluding hydrogens is 454 g/mol. The van der Waals surface area contributed by atoms with Gasteiger partial charge in [0.05, 0.1) is 11.1 Å². The van der Waals surface area contributed by atoms with Crippen LogP contribution < -0.4 is 15.8 Å². The van der Waals surface area contributed by atoms with Gasteiger partial charge in [0.15, 0.2) is 5.78 Å². The summed E-state index contributed by atoms with van der Waals surface area (Å²) >= 11 is 0. The number of carbonyl (C=O) groups excluding carboxylic acids is 2. The summed E-state index contributed by atoms with van der Waals surface area (Å²) in [5.41, 5.74) is 8.88. The molecule has 0 bridgehead atoms. The van der Waals surface area contributed by atoms with Gasteiger partial charge in [-0.05, 0) is 49.5 Å². The van der Waals surface area contributed by atoms with E-state index in [0.717, 1.165) is 17.7 Å². The van der Waals surface area contributed by atoms with E-state index in [0.29, 0.717) is 46.7 Å². The molecule has 0 spiro atoms. The van der Waals surface area contributed by atoms with Gasteiger partial charge in [-0.15, -0.1) is 0 Å². The number of anilines is 1. The van der Waals surface area contributed by atoms with Gasteiger partial charge in [0.2, 0.25) is 0 Å². The van der Waals surface area contributed by atoms with Crippen LogP contribution >= 0.6 is 0 Å². The number of nitrogens with two attached hydrogens (primary N) is 1. The molecule has 0 unspecified atom stereocenters. The standard InChI is InChI=1S/C28H29N5O3/c1-33(2)12-13-36-22-9-4-8-21(16-22)25(34)15-19-6-3-7-20(14-19)17-30-28-24-11-5-10-23(27(29)35)26(24)31-18-32-28/h3-11,14,16,18H,12-13,15,17H2,1-2H3,(H2,29,35)(H,30,31,32). The highest BCUT2D eigenvalue weighted by Gasteiger charge is 2.12. The zero-order valence-corrected chi connectivity index (χ0v) is 20.4. The van der Waals surface area contributed by atoms with Crippen molar-refractivity contribution in [3.05, 3.63) is 95.3 Å². The minimum atomic E-state index is -0.534. The SMILES string of the molecule is CN(C)CCOc1cccc(C(=O)Cc2cccc(CNc3ncnc4c(C(N)=O)cccc34)c2)c1. The Balaban J connectivity index is 1.42. The molecule has 0 saturated heterocycles. The summed E-state index contributed by atoms with van der Waals surface area (Å²) in [7, 11) is 3.98. The predicted molar refractivity (Wildman–Crippen MR) is 140 cm³/mol. The number of primary amides is 1. The molecule has 0 radical (unpaired) electrons. The van der Waals surface area contributed by atoms with Gasteiger partial charge in [0.1, 0.15) is 24.5 Å². The third kappa shape index (κ3) is 6.22. The minimum Gasteiger partial charge on any atom is -0.492 e. The molecule has 3 N–H and O–H groups in total. The number of para-hydroxylation sites is 1. The first kappa shape index (κ1) is 24.8. The van der Waals surface area contributed by atoms with E-state index >= 15 is 0 Å². The van der Waals surface area contributed by atoms with Crippen LogP contribution in [0.25, 0.3) is 10.9 Å². The van der Waals surface area contributed by atoms with Crippen molar-refractivity contribution >= 4 is 28.4 Å². The number of carbonyl (C=O) groups is 2. The maximum absolute atomic E-state index is 12.9. The first-order valence-electron chi connectivity index (χ1n) is 11.7. The highest BCUT2D eigenvalue weighted by molar-refractivity contribution is 6.06. The molecule has 3 aromatic carbocycles. The molecule has 4 aromatic rings. The number of rotatable bonds is 11. The van der Waals surface area contributed by atoms with Crippen LogP contribution in [0.4, 0.5) is 5.82 Å². The third-order valence-electron chi connectivity index (χ3n) is 5.71. The summed E-state index contributed by atoms with van der Waals surface area (Å²) in [6.45, 7) is 1.85. The second-order valence-electron chi connectivity index (χ2n) is 8.74. The van der Waals surface area contributed by atoms with E-state index in [1.807, 2.05) is 67.5 Å². The second kappa shape index (κ2) is 11.4. The second-order valence-corrected chi connectivity index (χ2v) is 8.74. The van der Waals surface area contributed by atoms with Gasteiger partial charge in [-0.1, -0.05) is 42.5 Å². The fraction of sp³-hybridized carbons (Fsp3) is 0.214. The van der Waals surface area contributed by atoms with Gasteiger partial charge in [-0.2, -0.15) is 0 Å². The maximum atomic E-state index is 12.9. The summed E-state index contributed by atoms with van der Waals surface area (Å²) in [5, 5.41) is 4.02. The van der Waals surface area contributed by atoms with Crippen LogP contribution in [0.1, 0.15) is 31.8 Å². The molecule has 0 fully saturated rings. The first-order valence-corrected chi connectivity index (χ1v) is 11.7. The van der Waals surface area contributed by atoms with Crippen molar-refractivity contribution in [2.45, 2.75) is 13.0 Å². The summed E-state index contributed by atoms with van der Waals surface area (Å²) in [6, 6.07) is 20.4. The Morgan fingerprint density at radius 2 is 1.75 bits per heavy atom. The number of ether oxygens (including phenoxy) is 1. The molecule has 0 saturated carbocycles. The molecule has 0 atom stereocenters. The highest BCUT2D eigenvalue weighted by atomic mass is 16.5.